The van der Waals surface area contributed by atoms with E-state index in [2.05, 4.69) is 6.58 Å². The van der Waals surface area contributed by atoms with E-state index in [1.54, 1.807) is 0 Å². The maximum absolute atomic E-state index is 11.6. The van der Waals surface area contributed by atoms with E-state index in [1.165, 1.54) is 31.3 Å². The van der Waals surface area contributed by atoms with Crippen molar-refractivity contribution in [2.45, 2.75) is 0 Å². The highest BCUT2D eigenvalue weighted by Gasteiger charge is 2.19. The summed E-state index contributed by atoms with van der Waals surface area (Å²) in [5.74, 6) is -1.15. The minimum atomic E-state index is -1.15. The number of rotatable bonds is 4. The lowest BCUT2D eigenvalue weighted by Crippen LogP contribution is -2.28. The normalized spacial score (nSPS) is 9.67. The van der Waals surface area contributed by atoms with E-state index in [4.69, 9.17) is 21.4 Å². The van der Waals surface area contributed by atoms with Gasteiger partial charge in [-0.25, -0.2) is 9.59 Å². The predicted octanol–water partition coefficient (Wildman–Crippen LogP) is 2.80. The molecule has 0 aromatic heterocycles. The van der Waals surface area contributed by atoms with Crippen LogP contribution in [0.3, 0.4) is 0 Å². The van der Waals surface area contributed by atoms with Gasteiger partial charge in [0, 0.05) is 12.1 Å². The number of carboxylic acids is 1. The molecule has 0 fully saturated rings. The van der Waals surface area contributed by atoms with Crippen LogP contribution >= 0.6 is 11.6 Å². The number of amides is 1. The third kappa shape index (κ3) is 3.24. The Kier molecular flexibility index (Phi) is 4.74. The molecule has 0 heterocycles. The van der Waals surface area contributed by atoms with Gasteiger partial charge in [0.2, 0.25) is 0 Å². The van der Waals surface area contributed by atoms with Gasteiger partial charge < -0.3 is 9.84 Å². The van der Waals surface area contributed by atoms with Crippen LogP contribution in [0.15, 0.2) is 30.9 Å². The molecule has 0 radical (unpaired) electrons. The second-order valence-corrected chi connectivity index (χ2v) is 3.83. The summed E-state index contributed by atoms with van der Waals surface area (Å²) in [6.45, 7) is 3.46. The zero-order valence-corrected chi connectivity index (χ0v) is 10.5. The van der Waals surface area contributed by atoms with Gasteiger partial charge in [0.1, 0.15) is 6.61 Å². The first kappa shape index (κ1) is 14.1. The second kappa shape index (κ2) is 6.07. The maximum Gasteiger partial charge on any atom is 0.414 e. The molecule has 1 aromatic carbocycles. The highest BCUT2D eigenvalue weighted by atomic mass is 35.5. The first-order valence-corrected chi connectivity index (χ1v) is 5.39. The second-order valence-electron chi connectivity index (χ2n) is 3.39. The summed E-state index contributed by atoms with van der Waals surface area (Å²) in [6.07, 6.45) is 0.738. The van der Waals surface area contributed by atoms with Gasteiger partial charge in [-0.15, -0.1) is 0 Å². The Hall–Kier alpha value is -2.01. The van der Waals surface area contributed by atoms with Crippen LogP contribution in [0.25, 0.3) is 0 Å². The van der Waals surface area contributed by atoms with Crippen molar-refractivity contribution in [2.75, 3.05) is 18.6 Å². The third-order valence-corrected chi connectivity index (χ3v) is 2.39. The smallest absolute Gasteiger partial charge is 0.414 e. The van der Waals surface area contributed by atoms with Crippen molar-refractivity contribution in [3.05, 3.63) is 41.4 Å². The van der Waals surface area contributed by atoms with Gasteiger partial charge in [-0.1, -0.05) is 24.3 Å². The number of aromatic carboxylic acids is 1. The number of hydrogen-bond acceptors (Lipinski definition) is 3. The average molecular weight is 270 g/mol. The molecule has 0 saturated carbocycles. The SMILES string of the molecule is C=CCOC(=O)N(C)c1cc(Cl)ccc1C(=O)O. The number of anilines is 1. The molecule has 0 atom stereocenters. The van der Waals surface area contributed by atoms with Crippen LogP contribution in [-0.2, 0) is 4.74 Å². The van der Waals surface area contributed by atoms with E-state index >= 15 is 0 Å². The standard InChI is InChI=1S/C12H12ClNO4/c1-3-6-18-12(17)14(2)10-7-8(13)4-5-9(10)11(15)16/h3-5,7H,1,6H2,2H3,(H,15,16). The van der Waals surface area contributed by atoms with Crippen molar-refractivity contribution in [1.82, 2.24) is 0 Å². The van der Waals surface area contributed by atoms with E-state index in [0.717, 1.165) is 4.90 Å². The molecule has 6 heteroatoms. The molecule has 0 aliphatic carbocycles. The lowest BCUT2D eigenvalue weighted by Gasteiger charge is -2.18. The van der Waals surface area contributed by atoms with Crippen LogP contribution in [0.2, 0.25) is 5.02 Å². The van der Waals surface area contributed by atoms with Gasteiger partial charge in [0.25, 0.3) is 0 Å². The Balaban J connectivity index is 3.06. The van der Waals surface area contributed by atoms with Crippen molar-refractivity contribution in [1.29, 1.82) is 0 Å². The molecule has 0 unspecified atom stereocenters. The number of ether oxygens (including phenoxy) is 1. The van der Waals surface area contributed by atoms with Gasteiger partial charge in [0.15, 0.2) is 0 Å². The van der Waals surface area contributed by atoms with Crippen molar-refractivity contribution in [3.8, 4) is 0 Å². The summed E-state index contributed by atoms with van der Waals surface area (Å²) < 4.78 is 4.81. The molecule has 0 aliphatic rings. The third-order valence-electron chi connectivity index (χ3n) is 2.15. The minimum absolute atomic E-state index is 0.0301. The highest BCUT2D eigenvalue weighted by molar-refractivity contribution is 6.31. The van der Waals surface area contributed by atoms with Gasteiger partial charge in [-0.05, 0) is 18.2 Å². The molecule has 1 N–H and O–H groups in total. The first-order valence-electron chi connectivity index (χ1n) is 5.01. The number of hydrogen-bond donors (Lipinski definition) is 1. The molecule has 1 aromatic rings. The largest absolute Gasteiger partial charge is 0.478 e. The molecule has 0 spiro atoms. The van der Waals surface area contributed by atoms with Crippen LogP contribution in [-0.4, -0.2) is 30.8 Å². The van der Waals surface area contributed by atoms with E-state index < -0.39 is 12.1 Å². The molecule has 0 saturated heterocycles. The van der Waals surface area contributed by atoms with Gasteiger partial charge in [0.05, 0.1) is 11.3 Å². The Labute approximate surface area is 109 Å². The summed E-state index contributed by atoms with van der Waals surface area (Å²) >= 11 is 5.79. The Morgan fingerprint density at radius 3 is 2.78 bits per heavy atom. The minimum Gasteiger partial charge on any atom is -0.478 e. The van der Waals surface area contributed by atoms with Gasteiger partial charge >= 0.3 is 12.1 Å². The number of carbonyl (C=O) groups excluding carboxylic acids is 1. The predicted molar refractivity (Wildman–Crippen MR) is 68.4 cm³/mol. The number of benzene rings is 1. The van der Waals surface area contributed by atoms with Crippen molar-refractivity contribution in [3.63, 3.8) is 0 Å². The summed E-state index contributed by atoms with van der Waals surface area (Å²) in [5, 5.41) is 9.36. The van der Waals surface area contributed by atoms with Crippen LogP contribution in [0.1, 0.15) is 10.4 Å². The number of nitrogens with zero attached hydrogens (tertiary/aromatic N) is 1. The summed E-state index contributed by atoms with van der Waals surface area (Å²) in [7, 11) is 1.41. The Bertz CT molecular complexity index is 487. The summed E-state index contributed by atoms with van der Waals surface area (Å²) in [5.41, 5.74) is 0.140. The molecule has 5 nitrogen and oxygen atoms in total. The van der Waals surface area contributed by atoms with Crippen molar-refractivity contribution in [2.24, 2.45) is 0 Å². The maximum atomic E-state index is 11.6. The van der Waals surface area contributed by atoms with Crippen LogP contribution in [0, 0.1) is 0 Å². The topological polar surface area (TPSA) is 66.8 Å². The number of halogens is 1. The fourth-order valence-electron chi connectivity index (χ4n) is 1.29. The van der Waals surface area contributed by atoms with E-state index in [1.807, 2.05) is 0 Å². The monoisotopic (exact) mass is 269 g/mol. The number of carboxylic acid groups (broad SMARTS) is 1. The van der Waals surface area contributed by atoms with E-state index in [0.29, 0.717) is 5.02 Å². The highest BCUT2D eigenvalue weighted by Crippen LogP contribution is 2.24. The van der Waals surface area contributed by atoms with Gasteiger partial charge in [-0.2, -0.15) is 0 Å². The lowest BCUT2D eigenvalue weighted by molar-refractivity contribution is 0.0697. The molecule has 0 bridgehead atoms. The number of carbonyl (C=O) groups is 2. The molecular weight excluding hydrogens is 258 g/mol. The zero-order chi connectivity index (χ0) is 13.7. The van der Waals surface area contributed by atoms with Crippen LogP contribution in [0.5, 0.6) is 0 Å². The first-order chi connectivity index (χ1) is 8.47. The van der Waals surface area contributed by atoms with Crippen LogP contribution in [0.4, 0.5) is 10.5 Å². The zero-order valence-electron chi connectivity index (χ0n) is 9.72. The van der Waals surface area contributed by atoms with E-state index in [-0.39, 0.29) is 17.9 Å². The molecule has 18 heavy (non-hydrogen) atoms. The van der Waals surface area contributed by atoms with Crippen molar-refractivity contribution < 1.29 is 19.4 Å². The van der Waals surface area contributed by atoms with Crippen molar-refractivity contribution >= 4 is 29.4 Å². The fraction of sp³-hybridized carbons (Fsp3) is 0.167. The molecule has 1 amide bonds. The fourth-order valence-corrected chi connectivity index (χ4v) is 1.45. The molecule has 0 aliphatic heterocycles. The Morgan fingerprint density at radius 1 is 1.56 bits per heavy atom. The Morgan fingerprint density at radius 2 is 2.22 bits per heavy atom. The van der Waals surface area contributed by atoms with E-state index in [9.17, 15) is 9.59 Å². The quantitative estimate of drug-likeness (QED) is 0.854. The summed E-state index contributed by atoms with van der Waals surface area (Å²) in [6, 6.07) is 4.16. The average Bonchev–Trinajstić information content (AvgIpc) is 2.34. The molecule has 96 valence electrons. The molecular formula is C12H12ClNO4. The molecule has 1 rings (SSSR count). The summed E-state index contributed by atoms with van der Waals surface area (Å²) in [4.78, 5) is 23.7. The van der Waals surface area contributed by atoms with Gasteiger partial charge in [-0.3, -0.25) is 4.90 Å². The van der Waals surface area contributed by atoms with Crippen LogP contribution < -0.4 is 4.90 Å². The lowest BCUT2D eigenvalue weighted by atomic mass is 10.1.